The lowest BCUT2D eigenvalue weighted by Crippen LogP contribution is -1.96. The fourth-order valence-corrected chi connectivity index (χ4v) is 1.93. The van der Waals surface area contributed by atoms with E-state index in [1.807, 2.05) is 24.3 Å². The summed E-state index contributed by atoms with van der Waals surface area (Å²) in [4.78, 5) is 4.70. The molecule has 3 rings (SSSR count). The Hall–Kier alpha value is -2.70. The van der Waals surface area contributed by atoms with Crippen LogP contribution in [0.1, 0.15) is 5.56 Å². The Balaban J connectivity index is 2.34. The van der Waals surface area contributed by atoms with Crippen molar-refractivity contribution in [3.8, 4) is 5.75 Å². The lowest BCUT2D eigenvalue weighted by Gasteiger charge is -2.05. The summed E-state index contributed by atoms with van der Waals surface area (Å²) in [6.07, 6.45) is 1.57. The molecule has 0 N–H and O–H groups in total. The van der Waals surface area contributed by atoms with Crippen LogP contribution in [0, 0.1) is 0 Å². The third-order valence-corrected chi connectivity index (χ3v) is 2.80. The van der Waals surface area contributed by atoms with Gasteiger partial charge in [0.2, 0.25) is 0 Å². The maximum absolute atomic E-state index is 5.22. The van der Waals surface area contributed by atoms with Crippen molar-refractivity contribution < 1.29 is 9.57 Å². The van der Waals surface area contributed by atoms with Gasteiger partial charge in [-0.2, -0.15) is 4.52 Å². The van der Waals surface area contributed by atoms with Crippen LogP contribution >= 0.6 is 0 Å². The highest BCUT2D eigenvalue weighted by Crippen LogP contribution is 2.22. The molecule has 19 heavy (non-hydrogen) atoms. The number of tetrazole rings is 1. The maximum atomic E-state index is 5.22. The zero-order chi connectivity index (χ0) is 13.2. The molecule has 0 saturated carbocycles. The molecule has 7 heteroatoms. The number of nitrogens with zero attached hydrogens (tertiary/aromatic N) is 5. The fraction of sp³-hybridized carbons (Fsp3) is 0.167. The molecule has 0 spiro atoms. The summed E-state index contributed by atoms with van der Waals surface area (Å²) in [6.45, 7) is 0. The van der Waals surface area contributed by atoms with Gasteiger partial charge in [-0.1, -0.05) is 5.16 Å². The van der Waals surface area contributed by atoms with E-state index < -0.39 is 0 Å². The molecule has 2 heterocycles. The second-order valence-corrected chi connectivity index (χ2v) is 3.86. The molecule has 0 bridgehead atoms. The van der Waals surface area contributed by atoms with E-state index in [1.54, 1.807) is 17.8 Å². The van der Waals surface area contributed by atoms with Crippen molar-refractivity contribution in [2.45, 2.75) is 0 Å². The molecule has 0 saturated heterocycles. The smallest absolute Gasteiger partial charge is 0.188 e. The van der Waals surface area contributed by atoms with Gasteiger partial charge in [-0.15, -0.1) is 5.10 Å². The van der Waals surface area contributed by atoms with Crippen LogP contribution in [-0.2, 0) is 4.84 Å². The Bertz CT molecular complexity index is 765. The lowest BCUT2D eigenvalue weighted by atomic mass is 10.1. The van der Waals surface area contributed by atoms with Gasteiger partial charge in [-0.05, 0) is 34.7 Å². The third kappa shape index (κ3) is 1.85. The number of hydrogen-bond donors (Lipinski definition) is 0. The second-order valence-electron chi connectivity index (χ2n) is 3.86. The van der Waals surface area contributed by atoms with Crippen molar-refractivity contribution in [3.05, 3.63) is 29.8 Å². The van der Waals surface area contributed by atoms with Gasteiger partial charge in [0.15, 0.2) is 5.65 Å². The van der Waals surface area contributed by atoms with Gasteiger partial charge in [-0.25, -0.2) is 0 Å². The van der Waals surface area contributed by atoms with Crippen LogP contribution in [0.25, 0.3) is 16.6 Å². The van der Waals surface area contributed by atoms with Gasteiger partial charge in [-0.3, -0.25) is 0 Å². The van der Waals surface area contributed by atoms with Gasteiger partial charge in [0.05, 0.1) is 18.8 Å². The molecule has 96 valence electrons. The van der Waals surface area contributed by atoms with Gasteiger partial charge in [0, 0.05) is 10.9 Å². The number of benzene rings is 1. The molecular formula is C12H11N5O2. The molecule has 0 aliphatic carbocycles. The summed E-state index contributed by atoms with van der Waals surface area (Å²) < 4.78 is 6.88. The number of hydrogen-bond acceptors (Lipinski definition) is 6. The van der Waals surface area contributed by atoms with Crippen molar-refractivity contribution >= 4 is 22.8 Å². The third-order valence-electron chi connectivity index (χ3n) is 2.80. The maximum Gasteiger partial charge on any atom is 0.188 e. The largest absolute Gasteiger partial charge is 0.497 e. The number of fused-ring (bicyclic) bond motifs is 3. The van der Waals surface area contributed by atoms with Gasteiger partial charge >= 0.3 is 0 Å². The predicted octanol–water partition coefficient (Wildman–Crippen LogP) is 1.27. The van der Waals surface area contributed by atoms with E-state index in [-0.39, 0.29) is 0 Å². The molecular weight excluding hydrogens is 246 g/mol. The standard InChI is InChI=1S/C12H11N5O2/c1-18-10-3-4-11-8(6-10)5-9(7-13-19-2)12-14-15-16-17(11)12/h3-7H,1-2H3. The van der Waals surface area contributed by atoms with Crippen LogP contribution in [0.4, 0.5) is 0 Å². The first kappa shape index (κ1) is 11.4. The molecule has 0 amide bonds. The number of ether oxygens (including phenoxy) is 1. The van der Waals surface area contributed by atoms with E-state index >= 15 is 0 Å². The summed E-state index contributed by atoms with van der Waals surface area (Å²) in [6, 6.07) is 7.63. The van der Waals surface area contributed by atoms with E-state index in [0.717, 1.165) is 22.2 Å². The van der Waals surface area contributed by atoms with Crippen molar-refractivity contribution in [3.63, 3.8) is 0 Å². The van der Waals surface area contributed by atoms with Crippen molar-refractivity contribution in [1.82, 2.24) is 20.0 Å². The van der Waals surface area contributed by atoms with Crippen molar-refractivity contribution in [1.29, 1.82) is 0 Å². The number of pyridine rings is 1. The molecule has 0 aliphatic rings. The van der Waals surface area contributed by atoms with Crippen LogP contribution < -0.4 is 4.74 Å². The monoisotopic (exact) mass is 257 g/mol. The zero-order valence-electron chi connectivity index (χ0n) is 10.4. The van der Waals surface area contributed by atoms with Crippen molar-refractivity contribution in [2.75, 3.05) is 14.2 Å². The summed E-state index contributed by atoms with van der Waals surface area (Å²) in [5.74, 6) is 0.773. The molecule has 0 radical (unpaired) electrons. The van der Waals surface area contributed by atoms with E-state index in [4.69, 9.17) is 9.57 Å². The first-order valence-electron chi connectivity index (χ1n) is 5.59. The lowest BCUT2D eigenvalue weighted by molar-refractivity contribution is 0.215. The quantitative estimate of drug-likeness (QED) is 0.521. The second kappa shape index (κ2) is 4.52. The van der Waals surface area contributed by atoms with Gasteiger partial charge < -0.3 is 9.57 Å². The highest BCUT2D eigenvalue weighted by atomic mass is 16.6. The van der Waals surface area contributed by atoms with Crippen LogP contribution in [0.3, 0.4) is 0 Å². The molecule has 7 nitrogen and oxygen atoms in total. The predicted molar refractivity (Wildman–Crippen MR) is 69.4 cm³/mol. The molecule has 0 fully saturated rings. The SMILES string of the molecule is CON=Cc1cc2cc(OC)ccc2n2nnnc12. The molecule has 0 atom stereocenters. The average Bonchev–Trinajstić information content (AvgIpc) is 2.93. The van der Waals surface area contributed by atoms with E-state index in [9.17, 15) is 0 Å². The Morgan fingerprint density at radius 2 is 2.16 bits per heavy atom. The number of aromatic nitrogens is 4. The minimum absolute atomic E-state index is 0.624. The minimum Gasteiger partial charge on any atom is -0.497 e. The van der Waals surface area contributed by atoms with Crippen LogP contribution in [0.5, 0.6) is 5.75 Å². The Labute approximate surface area is 108 Å². The topological polar surface area (TPSA) is 73.9 Å². The Kier molecular flexibility index (Phi) is 2.71. The van der Waals surface area contributed by atoms with Crippen LogP contribution in [-0.4, -0.2) is 40.5 Å². The van der Waals surface area contributed by atoms with Gasteiger partial charge in [0.25, 0.3) is 0 Å². The highest BCUT2D eigenvalue weighted by molar-refractivity contribution is 5.95. The van der Waals surface area contributed by atoms with E-state index in [0.29, 0.717) is 5.65 Å². The zero-order valence-corrected chi connectivity index (χ0v) is 10.4. The minimum atomic E-state index is 0.624. The van der Waals surface area contributed by atoms with Crippen molar-refractivity contribution in [2.24, 2.45) is 5.16 Å². The average molecular weight is 257 g/mol. The molecule has 1 aromatic carbocycles. The molecule has 0 aliphatic heterocycles. The molecule has 0 unspecified atom stereocenters. The molecule has 2 aromatic heterocycles. The summed E-state index contributed by atoms with van der Waals surface area (Å²) in [7, 11) is 3.11. The first-order chi connectivity index (χ1) is 9.33. The summed E-state index contributed by atoms with van der Waals surface area (Å²) >= 11 is 0. The first-order valence-corrected chi connectivity index (χ1v) is 5.59. The Morgan fingerprint density at radius 1 is 1.26 bits per heavy atom. The number of methoxy groups -OCH3 is 1. The van der Waals surface area contributed by atoms with E-state index in [1.165, 1.54) is 7.11 Å². The normalized spacial score (nSPS) is 11.5. The summed E-state index contributed by atoms with van der Waals surface area (Å²) in [5.41, 5.74) is 2.29. The highest BCUT2D eigenvalue weighted by Gasteiger charge is 2.09. The molecule has 3 aromatic rings. The number of rotatable bonds is 3. The van der Waals surface area contributed by atoms with Gasteiger partial charge in [0.1, 0.15) is 12.9 Å². The Morgan fingerprint density at radius 3 is 2.95 bits per heavy atom. The summed E-state index contributed by atoms with van der Waals surface area (Å²) in [5, 5.41) is 16.4. The van der Waals surface area contributed by atoms with E-state index in [2.05, 4.69) is 20.7 Å². The fourth-order valence-electron chi connectivity index (χ4n) is 1.93. The number of oxime groups is 1. The van der Waals surface area contributed by atoms with Crippen LogP contribution in [0.2, 0.25) is 0 Å². The van der Waals surface area contributed by atoms with Crippen LogP contribution in [0.15, 0.2) is 29.4 Å².